The number of para-hydroxylation sites is 1. The molecule has 9 heteroatoms. The summed E-state index contributed by atoms with van der Waals surface area (Å²) in [5.41, 5.74) is 2.03. The van der Waals surface area contributed by atoms with Crippen LogP contribution < -0.4 is 10.2 Å². The first-order valence-electron chi connectivity index (χ1n) is 11.8. The highest BCUT2D eigenvalue weighted by Crippen LogP contribution is 2.33. The molecule has 0 bridgehead atoms. The maximum Gasteiger partial charge on any atom is 0.417 e. The number of esters is 1. The summed E-state index contributed by atoms with van der Waals surface area (Å²) >= 11 is 0. The number of piperidine rings is 1. The van der Waals surface area contributed by atoms with Crippen LogP contribution >= 0.6 is 0 Å². The van der Waals surface area contributed by atoms with Crippen molar-refractivity contribution in [3.8, 4) is 0 Å². The zero-order chi connectivity index (χ0) is 25.8. The van der Waals surface area contributed by atoms with Crippen molar-refractivity contribution in [2.24, 2.45) is 5.92 Å². The lowest BCUT2D eigenvalue weighted by Gasteiger charge is -2.31. The van der Waals surface area contributed by atoms with Gasteiger partial charge in [-0.05, 0) is 47.9 Å². The molecule has 1 amide bonds. The van der Waals surface area contributed by atoms with Gasteiger partial charge in [-0.15, -0.1) is 0 Å². The van der Waals surface area contributed by atoms with Crippen molar-refractivity contribution in [2.75, 3.05) is 29.9 Å². The topological polar surface area (TPSA) is 71.5 Å². The number of hydrogen-bond acceptors (Lipinski definition) is 5. The average molecular weight is 492 g/mol. The maximum atomic E-state index is 12.7. The van der Waals surface area contributed by atoms with E-state index >= 15 is 0 Å². The van der Waals surface area contributed by atoms with E-state index in [-0.39, 0.29) is 30.3 Å². The number of nitrogens with zero attached hydrogens (tertiary/aromatic N) is 2. The van der Waals surface area contributed by atoms with Crippen LogP contribution in [0.25, 0.3) is 0 Å². The van der Waals surface area contributed by atoms with E-state index in [0.717, 1.165) is 29.1 Å². The quantitative estimate of drug-likeness (QED) is 0.500. The third-order valence-corrected chi connectivity index (χ3v) is 6.21. The smallest absolute Gasteiger partial charge is 0.417 e. The Morgan fingerprint density at radius 1 is 1.06 bits per heavy atom. The highest BCUT2D eigenvalue weighted by atomic mass is 19.4. The molecule has 1 N–H and O–H groups in total. The summed E-state index contributed by atoms with van der Waals surface area (Å²) in [5, 5.41) is 2.93. The molecular weight excluding hydrogens is 459 g/mol. The molecule has 3 rings (SSSR count). The fraction of sp³-hybridized carbons (Fsp3) is 0.500. The van der Waals surface area contributed by atoms with E-state index in [4.69, 9.17) is 4.74 Å². The van der Waals surface area contributed by atoms with Crippen LogP contribution in [0.1, 0.15) is 69.1 Å². The first kappa shape index (κ1) is 26.5. The number of aromatic nitrogens is 1. The largest absolute Gasteiger partial charge is 0.455 e. The Morgan fingerprint density at radius 3 is 2.14 bits per heavy atom. The molecule has 0 spiro atoms. The van der Waals surface area contributed by atoms with Crippen molar-refractivity contribution in [3.63, 3.8) is 0 Å². The summed E-state index contributed by atoms with van der Waals surface area (Å²) in [6.07, 6.45) is -2.67. The Hall–Kier alpha value is -3.10. The third kappa shape index (κ3) is 6.74. The second-order valence-corrected chi connectivity index (χ2v) is 9.44. The van der Waals surface area contributed by atoms with Crippen molar-refractivity contribution in [1.29, 1.82) is 0 Å². The van der Waals surface area contributed by atoms with Crippen molar-refractivity contribution < 1.29 is 27.5 Å². The number of anilines is 2. The van der Waals surface area contributed by atoms with Crippen LogP contribution in [0.15, 0.2) is 36.5 Å². The van der Waals surface area contributed by atoms with E-state index < -0.39 is 17.7 Å². The van der Waals surface area contributed by atoms with Gasteiger partial charge in [0.1, 0.15) is 5.82 Å². The summed E-state index contributed by atoms with van der Waals surface area (Å²) in [4.78, 5) is 30.9. The van der Waals surface area contributed by atoms with Crippen LogP contribution in [0, 0.1) is 5.92 Å². The molecule has 0 saturated carbocycles. The van der Waals surface area contributed by atoms with Gasteiger partial charge in [-0.1, -0.05) is 45.9 Å². The molecule has 0 unspecified atom stereocenters. The Bertz CT molecular complexity index is 1000. The number of carbonyl (C=O) groups is 2. The molecule has 0 radical (unpaired) electrons. The second-order valence-electron chi connectivity index (χ2n) is 9.44. The Balaban J connectivity index is 1.52. The van der Waals surface area contributed by atoms with Crippen LogP contribution in [-0.2, 0) is 20.5 Å². The first-order chi connectivity index (χ1) is 16.5. The van der Waals surface area contributed by atoms with Crippen molar-refractivity contribution in [2.45, 2.75) is 58.5 Å². The van der Waals surface area contributed by atoms with Gasteiger partial charge in [0.25, 0.3) is 5.91 Å². The van der Waals surface area contributed by atoms with Crippen molar-refractivity contribution in [1.82, 2.24) is 4.98 Å². The molecule has 1 aliphatic heterocycles. The number of pyridine rings is 1. The SMILES string of the molecule is CC(C)c1cccc(C(C)C)c1NC(=O)COC(=O)C1CCN(c2ccc(C(F)(F)F)cn2)CC1. The Labute approximate surface area is 203 Å². The molecule has 2 aromatic rings. The number of benzene rings is 1. The van der Waals surface area contributed by atoms with Gasteiger partial charge in [0.15, 0.2) is 6.61 Å². The number of rotatable bonds is 7. The zero-order valence-corrected chi connectivity index (χ0v) is 20.5. The minimum absolute atomic E-state index is 0.218. The van der Waals surface area contributed by atoms with E-state index in [2.05, 4.69) is 38.0 Å². The standard InChI is InChI=1S/C26H32F3N3O3/c1-16(2)20-6-5-7-21(17(3)4)24(20)31-23(33)15-35-25(34)18-10-12-32(13-11-18)22-9-8-19(14-30-22)26(27,28)29/h5-9,14,16-18H,10-13,15H2,1-4H3,(H,31,33). The molecule has 1 aromatic heterocycles. The maximum absolute atomic E-state index is 12.7. The molecule has 190 valence electrons. The lowest BCUT2D eigenvalue weighted by atomic mass is 9.92. The molecule has 1 aliphatic rings. The van der Waals surface area contributed by atoms with Gasteiger partial charge >= 0.3 is 12.1 Å². The van der Waals surface area contributed by atoms with Crippen LogP contribution in [0.5, 0.6) is 0 Å². The monoisotopic (exact) mass is 491 g/mol. The number of nitrogens with one attached hydrogen (secondary N) is 1. The normalized spacial score (nSPS) is 14.9. The first-order valence-corrected chi connectivity index (χ1v) is 11.8. The average Bonchev–Trinajstić information content (AvgIpc) is 2.82. The molecular formula is C26H32F3N3O3. The Morgan fingerprint density at radius 2 is 1.66 bits per heavy atom. The molecule has 1 aromatic carbocycles. The molecule has 6 nitrogen and oxygen atoms in total. The second kappa shape index (κ2) is 11.1. The summed E-state index contributed by atoms with van der Waals surface area (Å²) in [6, 6.07) is 8.29. The summed E-state index contributed by atoms with van der Waals surface area (Å²) < 4.78 is 43.5. The highest BCUT2D eigenvalue weighted by molar-refractivity contribution is 5.94. The summed E-state index contributed by atoms with van der Waals surface area (Å²) in [5.74, 6) is -0.329. The van der Waals surface area contributed by atoms with E-state index in [9.17, 15) is 22.8 Å². The Kier molecular flexibility index (Phi) is 8.40. The van der Waals surface area contributed by atoms with Gasteiger partial charge in [0.05, 0.1) is 11.5 Å². The molecule has 0 atom stereocenters. The number of alkyl halides is 3. The lowest BCUT2D eigenvalue weighted by Crippen LogP contribution is -2.38. The summed E-state index contributed by atoms with van der Waals surface area (Å²) in [7, 11) is 0. The fourth-order valence-corrected chi connectivity index (χ4v) is 4.21. The molecule has 35 heavy (non-hydrogen) atoms. The number of hydrogen-bond donors (Lipinski definition) is 1. The van der Waals surface area contributed by atoms with E-state index in [1.165, 1.54) is 6.07 Å². The molecule has 2 heterocycles. The van der Waals surface area contributed by atoms with E-state index in [1.54, 1.807) is 0 Å². The minimum Gasteiger partial charge on any atom is -0.455 e. The third-order valence-electron chi connectivity index (χ3n) is 6.21. The van der Waals surface area contributed by atoms with Gasteiger partial charge < -0.3 is 15.0 Å². The van der Waals surface area contributed by atoms with Crippen LogP contribution in [0.3, 0.4) is 0 Å². The number of carbonyl (C=O) groups excluding carboxylic acids is 2. The highest BCUT2D eigenvalue weighted by Gasteiger charge is 2.32. The predicted molar refractivity (Wildman–Crippen MR) is 128 cm³/mol. The van der Waals surface area contributed by atoms with E-state index in [1.807, 2.05) is 23.1 Å². The van der Waals surface area contributed by atoms with E-state index in [0.29, 0.717) is 31.7 Å². The molecule has 0 aliphatic carbocycles. The summed E-state index contributed by atoms with van der Waals surface area (Å²) in [6.45, 7) is 8.78. The number of halogens is 3. The van der Waals surface area contributed by atoms with Gasteiger partial charge in [-0.25, -0.2) is 4.98 Å². The van der Waals surface area contributed by atoms with Gasteiger partial charge in [-0.3, -0.25) is 9.59 Å². The van der Waals surface area contributed by atoms with Gasteiger partial charge in [0, 0.05) is 25.0 Å². The van der Waals surface area contributed by atoms with Crippen molar-refractivity contribution in [3.05, 3.63) is 53.2 Å². The molecule has 1 saturated heterocycles. The van der Waals surface area contributed by atoms with Crippen LogP contribution in [0.2, 0.25) is 0 Å². The number of ether oxygens (including phenoxy) is 1. The number of amides is 1. The zero-order valence-electron chi connectivity index (χ0n) is 20.5. The molecule has 1 fully saturated rings. The van der Waals surface area contributed by atoms with Gasteiger partial charge in [-0.2, -0.15) is 13.2 Å². The minimum atomic E-state index is -4.43. The van der Waals surface area contributed by atoms with Crippen molar-refractivity contribution >= 4 is 23.4 Å². The van der Waals surface area contributed by atoms with Crippen LogP contribution in [0.4, 0.5) is 24.7 Å². The van der Waals surface area contributed by atoms with Gasteiger partial charge in [0.2, 0.25) is 0 Å². The lowest BCUT2D eigenvalue weighted by molar-refractivity contribution is -0.152. The fourth-order valence-electron chi connectivity index (χ4n) is 4.21. The predicted octanol–water partition coefficient (Wildman–Crippen LogP) is 5.75. The van der Waals surface area contributed by atoms with Crippen LogP contribution in [-0.4, -0.2) is 36.6 Å².